The first-order valence-corrected chi connectivity index (χ1v) is 9.68. The van der Waals surface area contributed by atoms with E-state index in [0.29, 0.717) is 30.0 Å². The summed E-state index contributed by atoms with van der Waals surface area (Å²) in [5, 5.41) is 4.22. The molecule has 4 rings (SSSR count). The number of methoxy groups -OCH3 is 2. The molecule has 0 saturated heterocycles. The summed E-state index contributed by atoms with van der Waals surface area (Å²) in [5.41, 5.74) is 1.56. The van der Waals surface area contributed by atoms with Crippen LogP contribution in [0.3, 0.4) is 0 Å². The molecule has 6 heteroatoms. The first kappa shape index (κ1) is 17.9. The number of aromatic nitrogens is 1. The molecule has 0 spiro atoms. The van der Waals surface area contributed by atoms with Crippen LogP contribution in [0.4, 0.5) is 0 Å². The number of nitrogens with zero attached hydrogens (tertiary/aromatic N) is 2. The lowest BCUT2D eigenvalue weighted by molar-refractivity contribution is -0.136. The molecule has 1 amide bonds. The van der Waals surface area contributed by atoms with Crippen LogP contribution in [0.15, 0.2) is 28.8 Å². The Kier molecular flexibility index (Phi) is 5.05. The average molecular weight is 370 g/mol. The van der Waals surface area contributed by atoms with Crippen molar-refractivity contribution >= 4 is 5.91 Å². The number of carbonyl (C=O) groups is 1. The fourth-order valence-electron chi connectivity index (χ4n) is 3.87. The van der Waals surface area contributed by atoms with Crippen LogP contribution in [0.1, 0.15) is 44.2 Å². The van der Waals surface area contributed by atoms with Gasteiger partial charge in [-0.2, -0.15) is 0 Å². The Bertz CT molecular complexity index is 806. The summed E-state index contributed by atoms with van der Waals surface area (Å²) in [5.74, 6) is 2.51. The lowest BCUT2D eigenvalue weighted by Gasteiger charge is -2.24. The molecule has 2 aliphatic rings. The fourth-order valence-corrected chi connectivity index (χ4v) is 3.87. The van der Waals surface area contributed by atoms with Crippen molar-refractivity contribution in [2.24, 2.45) is 5.92 Å². The van der Waals surface area contributed by atoms with Gasteiger partial charge in [-0.15, -0.1) is 0 Å². The largest absolute Gasteiger partial charge is 0.497 e. The average Bonchev–Trinajstić information content (AvgIpc) is 3.20. The Hall–Kier alpha value is -2.50. The first-order valence-electron chi connectivity index (χ1n) is 9.68. The van der Waals surface area contributed by atoms with Crippen molar-refractivity contribution in [3.63, 3.8) is 0 Å². The van der Waals surface area contributed by atoms with Gasteiger partial charge in [0.25, 0.3) is 0 Å². The third-order valence-corrected chi connectivity index (χ3v) is 5.54. The highest BCUT2D eigenvalue weighted by Gasteiger charge is 2.37. The maximum absolute atomic E-state index is 12.9. The van der Waals surface area contributed by atoms with Crippen LogP contribution in [-0.4, -0.2) is 36.2 Å². The SMILES string of the molecule is COc1ccc(OC)c(-c2cc(CN(C(=O)C3CCCC3)C3CC3)no2)c1. The molecule has 2 aliphatic carbocycles. The summed E-state index contributed by atoms with van der Waals surface area (Å²) in [4.78, 5) is 14.9. The van der Waals surface area contributed by atoms with Crippen molar-refractivity contribution in [1.29, 1.82) is 0 Å². The van der Waals surface area contributed by atoms with E-state index in [1.807, 2.05) is 29.2 Å². The quantitative estimate of drug-likeness (QED) is 0.736. The van der Waals surface area contributed by atoms with E-state index in [2.05, 4.69) is 5.16 Å². The Balaban J connectivity index is 1.54. The first-order chi connectivity index (χ1) is 13.2. The number of ether oxygens (including phenoxy) is 2. The molecule has 0 radical (unpaired) electrons. The molecule has 1 aromatic heterocycles. The zero-order chi connectivity index (χ0) is 18.8. The molecule has 27 heavy (non-hydrogen) atoms. The van der Waals surface area contributed by atoms with Crippen molar-refractivity contribution in [2.45, 2.75) is 51.1 Å². The highest BCUT2D eigenvalue weighted by atomic mass is 16.5. The molecule has 2 saturated carbocycles. The van der Waals surface area contributed by atoms with Crippen molar-refractivity contribution in [3.8, 4) is 22.8 Å². The van der Waals surface area contributed by atoms with E-state index in [1.165, 1.54) is 12.8 Å². The van der Waals surface area contributed by atoms with Gasteiger partial charge in [-0.25, -0.2) is 0 Å². The molecule has 0 N–H and O–H groups in total. The van der Waals surface area contributed by atoms with E-state index < -0.39 is 0 Å². The molecule has 1 aromatic carbocycles. The van der Waals surface area contributed by atoms with Crippen LogP contribution in [0.2, 0.25) is 0 Å². The monoisotopic (exact) mass is 370 g/mol. The number of rotatable bonds is 7. The number of amides is 1. The summed E-state index contributed by atoms with van der Waals surface area (Å²) in [6.45, 7) is 0.510. The molecule has 0 aliphatic heterocycles. The van der Waals surface area contributed by atoms with Gasteiger partial charge in [0.2, 0.25) is 5.91 Å². The van der Waals surface area contributed by atoms with Crippen molar-refractivity contribution < 1.29 is 18.8 Å². The minimum Gasteiger partial charge on any atom is -0.497 e. The van der Waals surface area contributed by atoms with Crippen LogP contribution in [0.5, 0.6) is 11.5 Å². The van der Waals surface area contributed by atoms with Gasteiger partial charge in [0.05, 0.1) is 26.3 Å². The van der Waals surface area contributed by atoms with Gasteiger partial charge in [0.1, 0.15) is 17.2 Å². The maximum atomic E-state index is 12.9. The number of carbonyl (C=O) groups excluding carboxylic acids is 1. The highest BCUT2D eigenvalue weighted by Crippen LogP contribution is 2.36. The summed E-state index contributed by atoms with van der Waals surface area (Å²) in [6, 6.07) is 7.82. The molecule has 6 nitrogen and oxygen atoms in total. The van der Waals surface area contributed by atoms with Gasteiger partial charge < -0.3 is 18.9 Å². The van der Waals surface area contributed by atoms with E-state index in [9.17, 15) is 4.79 Å². The summed E-state index contributed by atoms with van der Waals surface area (Å²) in [6.07, 6.45) is 6.55. The molecule has 2 fully saturated rings. The standard InChI is InChI=1S/C21H26N2O4/c1-25-17-9-10-19(26-2)18(12-17)20-11-15(22-27-20)13-23(16-7-8-16)21(24)14-5-3-4-6-14/h9-12,14,16H,3-8,13H2,1-2H3. The van der Waals surface area contributed by atoms with Gasteiger partial charge in [0.15, 0.2) is 5.76 Å². The zero-order valence-electron chi connectivity index (χ0n) is 15.9. The molecule has 0 bridgehead atoms. The molecular weight excluding hydrogens is 344 g/mol. The van der Waals surface area contributed by atoms with E-state index in [-0.39, 0.29) is 5.92 Å². The summed E-state index contributed by atoms with van der Waals surface area (Å²) >= 11 is 0. The second-order valence-electron chi connectivity index (χ2n) is 7.43. The fraction of sp³-hybridized carbons (Fsp3) is 0.524. The molecule has 0 atom stereocenters. The van der Waals surface area contributed by atoms with Gasteiger partial charge in [-0.1, -0.05) is 18.0 Å². The molecule has 144 valence electrons. The maximum Gasteiger partial charge on any atom is 0.226 e. The normalized spacial score (nSPS) is 17.1. The van der Waals surface area contributed by atoms with Crippen LogP contribution in [0, 0.1) is 5.92 Å². The van der Waals surface area contributed by atoms with Gasteiger partial charge in [-0.05, 0) is 43.9 Å². The Morgan fingerprint density at radius 3 is 2.59 bits per heavy atom. The third-order valence-electron chi connectivity index (χ3n) is 5.54. The van der Waals surface area contributed by atoms with Crippen molar-refractivity contribution in [2.75, 3.05) is 14.2 Å². The van der Waals surface area contributed by atoms with Crippen molar-refractivity contribution in [1.82, 2.24) is 10.1 Å². The Morgan fingerprint density at radius 1 is 1.15 bits per heavy atom. The van der Waals surface area contributed by atoms with E-state index in [4.69, 9.17) is 14.0 Å². The predicted molar refractivity (Wildman–Crippen MR) is 101 cm³/mol. The Labute approximate surface area is 159 Å². The smallest absolute Gasteiger partial charge is 0.226 e. The van der Waals surface area contributed by atoms with E-state index in [1.54, 1.807) is 14.2 Å². The number of hydrogen-bond acceptors (Lipinski definition) is 5. The van der Waals surface area contributed by atoms with Crippen molar-refractivity contribution in [3.05, 3.63) is 30.0 Å². The number of hydrogen-bond donors (Lipinski definition) is 0. The second kappa shape index (κ2) is 7.62. The van der Waals surface area contributed by atoms with Gasteiger partial charge >= 0.3 is 0 Å². The minimum atomic E-state index is 0.190. The second-order valence-corrected chi connectivity index (χ2v) is 7.43. The molecule has 0 unspecified atom stereocenters. The predicted octanol–water partition coefficient (Wildman–Crippen LogP) is 4.04. The lowest BCUT2D eigenvalue weighted by Crippen LogP contribution is -2.36. The van der Waals surface area contributed by atoms with Crippen LogP contribution < -0.4 is 9.47 Å². The van der Waals surface area contributed by atoms with E-state index in [0.717, 1.165) is 42.7 Å². The highest BCUT2D eigenvalue weighted by molar-refractivity contribution is 5.79. The lowest BCUT2D eigenvalue weighted by atomic mass is 10.1. The van der Waals surface area contributed by atoms with Gasteiger partial charge in [-0.3, -0.25) is 4.79 Å². The third kappa shape index (κ3) is 3.80. The number of benzene rings is 1. The van der Waals surface area contributed by atoms with E-state index >= 15 is 0 Å². The summed E-state index contributed by atoms with van der Waals surface area (Å²) < 4.78 is 16.3. The zero-order valence-corrected chi connectivity index (χ0v) is 15.9. The Morgan fingerprint density at radius 2 is 1.93 bits per heavy atom. The molecular formula is C21H26N2O4. The minimum absolute atomic E-state index is 0.190. The molecule has 1 heterocycles. The summed E-state index contributed by atoms with van der Waals surface area (Å²) in [7, 11) is 3.25. The van der Waals surface area contributed by atoms with Crippen LogP contribution >= 0.6 is 0 Å². The topological polar surface area (TPSA) is 64.8 Å². The van der Waals surface area contributed by atoms with Crippen LogP contribution in [0.25, 0.3) is 11.3 Å². The van der Waals surface area contributed by atoms with Crippen LogP contribution in [-0.2, 0) is 11.3 Å². The molecule has 2 aromatic rings. The van der Waals surface area contributed by atoms with Gasteiger partial charge in [0, 0.05) is 18.0 Å².